The van der Waals surface area contributed by atoms with E-state index in [9.17, 15) is 14.4 Å². The Labute approximate surface area is 394 Å². The van der Waals surface area contributed by atoms with Gasteiger partial charge in [0.15, 0.2) is 6.10 Å². The molecule has 6 heteroatoms. The van der Waals surface area contributed by atoms with Crippen LogP contribution in [-0.4, -0.2) is 37.2 Å². The van der Waals surface area contributed by atoms with E-state index in [2.05, 4.69) is 99.8 Å². The molecule has 1 atom stereocenters. The quantitative estimate of drug-likeness (QED) is 0.0262. The SMILES string of the molecule is CC/C=C\C/C=C\C/C=C\C/C=C\C/C=C\C/C=C\CCC(=O)OCC(COC(=O)CC/C=C\C/C=C\CCCCCCCC)OC(=O)CCCCCCCCCCCCCCCC. The number of carbonyl (C=O) groups excluding carboxylic acids is 3. The Bertz CT molecular complexity index is 1300. The predicted molar refractivity (Wildman–Crippen MR) is 274 cm³/mol. The third-order valence-corrected chi connectivity index (χ3v) is 10.8. The maximum absolute atomic E-state index is 12.8. The van der Waals surface area contributed by atoms with Gasteiger partial charge in [0.05, 0.1) is 0 Å². The van der Waals surface area contributed by atoms with Gasteiger partial charge in [-0.15, -0.1) is 0 Å². The van der Waals surface area contributed by atoms with Crippen molar-refractivity contribution < 1.29 is 28.6 Å². The fourth-order valence-electron chi connectivity index (χ4n) is 6.93. The van der Waals surface area contributed by atoms with Crippen LogP contribution in [-0.2, 0) is 28.6 Å². The lowest BCUT2D eigenvalue weighted by Gasteiger charge is -2.18. The van der Waals surface area contributed by atoms with Gasteiger partial charge in [-0.05, 0) is 77.0 Å². The number of carbonyl (C=O) groups is 3. The molecule has 0 spiro atoms. The largest absolute Gasteiger partial charge is 0.462 e. The number of ether oxygens (including phenoxy) is 3. The van der Waals surface area contributed by atoms with Gasteiger partial charge >= 0.3 is 17.9 Å². The van der Waals surface area contributed by atoms with Crippen molar-refractivity contribution in [2.75, 3.05) is 13.2 Å². The molecule has 0 aliphatic heterocycles. The maximum Gasteiger partial charge on any atom is 0.306 e. The van der Waals surface area contributed by atoms with E-state index >= 15 is 0 Å². The van der Waals surface area contributed by atoms with Gasteiger partial charge in [-0.2, -0.15) is 0 Å². The molecule has 0 N–H and O–H groups in total. The Morgan fingerprint density at radius 3 is 1.02 bits per heavy atom. The van der Waals surface area contributed by atoms with Crippen molar-refractivity contribution in [2.45, 2.75) is 239 Å². The summed E-state index contributed by atoms with van der Waals surface area (Å²) >= 11 is 0. The molecule has 6 nitrogen and oxygen atoms in total. The summed E-state index contributed by atoms with van der Waals surface area (Å²) in [5.74, 6) is -1.08. The van der Waals surface area contributed by atoms with Crippen LogP contribution in [0.25, 0.3) is 0 Å². The Kier molecular flexibility index (Phi) is 49.0. The summed E-state index contributed by atoms with van der Waals surface area (Å²) in [5, 5.41) is 0. The molecule has 0 bridgehead atoms. The highest BCUT2D eigenvalue weighted by Gasteiger charge is 2.19. The van der Waals surface area contributed by atoms with Crippen LogP contribution in [0.15, 0.2) is 97.2 Å². The van der Waals surface area contributed by atoms with Crippen molar-refractivity contribution in [2.24, 2.45) is 0 Å². The number of hydrogen-bond acceptors (Lipinski definition) is 6. The summed E-state index contributed by atoms with van der Waals surface area (Å²) in [6.45, 7) is 6.39. The first-order valence-electron chi connectivity index (χ1n) is 26.2. The van der Waals surface area contributed by atoms with E-state index in [-0.39, 0.29) is 44.0 Å². The first kappa shape index (κ1) is 60.3. The normalized spacial score (nSPS) is 12.9. The van der Waals surface area contributed by atoms with Gasteiger partial charge in [0.2, 0.25) is 0 Å². The molecule has 364 valence electrons. The van der Waals surface area contributed by atoms with Crippen molar-refractivity contribution in [1.82, 2.24) is 0 Å². The maximum atomic E-state index is 12.8. The standard InChI is InChI=1S/C58H96O6/c1-4-7-10-13-16-19-22-25-27-28-29-30-31-34-36-39-42-45-48-51-57(60)63-54-55(53-62-56(59)50-47-44-41-38-35-32-24-21-18-15-12-9-6-3)64-58(61)52-49-46-43-40-37-33-26-23-20-17-14-11-8-5-2/h7,10,16,19,25,27,29-30,32,34-36,41-42,44-45,55H,4-6,8-9,11-15,17-18,20-24,26,28,31,33,37-40,43,46-54H2,1-3H3/b10-7-,19-16-,27-25-,30-29-,35-32-,36-34-,44-41-,45-42-. The molecular weight excluding hydrogens is 793 g/mol. The topological polar surface area (TPSA) is 78.9 Å². The zero-order valence-corrected chi connectivity index (χ0v) is 41.5. The molecule has 0 heterocycles. The summed E-state index contributed by atoms with van der Waals surface area (Å²) in [7, 11) is 0. The van der Waals surface area contributed by atoms with Crippen LogP contribution in [0.2, 0.25) is 0 Å². The first-order chi connectivity index (χ1) is 31.5. The second kappa shape index (κ2) is 52.0. The molecule has 0 rings (SSSR count). The smallest absolute Gasteiger partial charge is 0.306 e. The van der Waals surface area contributed by atoms with Crippen molar-refractivity contribution in [1.29, 1.82) is 0 Å². The van der Waals surface area contributed by atoms with E-state index in [0.29, 0.717) is 19.3 Å². The van der Waals surface area contributed by atoms with Gasteiger partial charge in [-0.1, -0.05) is 234 Å². The fourth-order valence-corrected chi connectivity index (χ4v) is 6.93. The van der Waals surface area contributed by atoms with Crippen molar-refractivity contribution in [3.63, 3.8) is 0 Å². The molecule has 0 aromatic heterocycles. The lowest BCUT2D eigenvalue weighted by molar-refractivity contribution is -0.166. The Morgan fingerprint density at radius 1 is 0.328 bits per heavy atom. The van der Waals surface area contributed by atoms with Crippen molar-refractivity contribution in [3.8, 4) is 0 Å². The molecule has 0 amide bonds. The molecule has 0 aromatic carbocycles. The first-order valence-corrected chi connectivity index (χ1v) is 26.2. The second-order valence-corrected chi connectivity index (χ2v) is 17.1. The van der Waals surface area contributed by atoms with Gasteiger partial charge in [0.25, 0.3) is 0 Å². The van der Waals surface area contributed by atoms with Gasteiger partial charge in [-0.3, -0.25) is 14.4 Å². The van der Waals surface area contributed by atoms with Crippen molar-refractivity contribution in [3.05, 3.63) is 97.2 Å². The molecule has 64 heavy (non-hydrogen) atoms. The van der Waals surface area contributed by atoms with Gasteiger partial charge < -0.3 is 14.2 Å². The minimum Gasteiger partial charge on any atom is -0.462 e. The minimum atomic E-state index is -0.828. The van der Waals surface area contributed by atoms with E-state index in [1.807, 2.05) is 18.2 Å². The van der Waals surface area contributed by atoms with Gasteiger partial charge in [0.1, 0.15) is 13.2 Å². The zero-order chi connectivity index (χ0) is 46.5. The van der Waals surface area contributed by atoms with Crippen LogP contribution in [0.5, 0.6) is 0 Å². The number of rotatable bonds is 46. The molecule has 1 unspecified atom stereocenters. The molecule has 0 saturated heterocycles. The number of allylic oxidation sites excluding steroid dienone is 16. The average Bonchev–Trinajstić information content (AvgIpc) is 3.29. The van der Waals surface area contributed by atoms with Crippen LogP contribution in [0.1, 0.15) is 233 Å². The summed E-state index contributed by atoms with van der Waals surface area (Å²) < 4.78 is 16.7. The van der Waals surface area contributed by atoms with E-state index in [0.717, 1.165) is 70.6 Å². The number of esters is 3. The Morgan fingerprint density at radius 2 is 0.641 bits per heavy atom. The fraction of sp³-hybridized carbons (Fsp3) is 0.672. The van der Waals surface area contributed by atoms with Crippen LogP contribution in [0.4, 0.5) is 0 Å². The predicted octanol–water partition coefficient (Wildman–Crippen LogP) is 17.4. The molecule has 0 aliphatic carbocycles. The molecule has 0 aliphatic rings. The average molecular weight is 889 g/mol. The third kappa shape index (κ3) is 49.3. The molecule has 0 aromatic rings. The van der Waals surface area contributed by atoms with E-state index in [1.165, 1.54) is 109 Å². The number of hydrogen-bond donors (Lipinski definition) is 0. The summed E-state index contributed by atoms with van der Waals surface area (Å²) in [6.07, 6.45) is 68.4. The number of unbranched alkanes of at least 4 members (excludes halogenated alkanes) is 19. The van der Waals surface area contributed by atoms with E-state index in [1.54, 1.807) is 0 Å². The lowest BCUT2D eigenvalue weighted by Crippen LogP contribution is -2.30. The Hall–Kier alpha value is -3.67. The Balaban J connectivity index is 4.55. The van der Waals surface area contributed by atoms with E-state index < -0.39 is 6.10 Å². The summed E-state index contributed by atoms with van der Waals surface area (Å²) in [5.41, 5.74) is 0. The summed E-state index contributed by atoms with van der Waals surface area (Å²) in [4.78, 5) is 37.9. The molecule has 0 radical (unpaired) electrons. The summed E-state index contributed by atoms with van der Waals surface area (Å²) in [6, 6.07) is 0. The monoisotopic (exact) mass is 889 g/mol. The van der Waals surface area contributed by atoms with Gasteiger partial charge in [-0.25, -0.2) is 0 Å². The van der Waals surface area contributed by atoms with E-state index in [4.69, 9.17) is 14.2 Å². The molecular formula is C58H96O6. The van der Waals surface area contributed by atoms with Crippen LogP contribution in [0.3, 0.4) is 0 Å². The highest BCUT2D eigenvalue weighted by molar-refractivity contribution is 5.71. The zero-order valence-electron chi connectivity index (χ0n) is 41.5. The third-order valence-electron chi connectivity index (χ3n) is 10.8. The minimum absolute atomic E-state index is 0.130. The highest BCUT2D eigenvalue weighted by Crippen LogP contribution is 2.14. The van der Waals surface area contributed by atoms with Crippen LogP contribution < -0.4 is 0 Å². The van der Waals surface area contributed by atoms with Crippen molar-refractivity contribution >= 4 is 17.9 Å². The second-order valence-electron chi connectivity index (χ2n) is 17.1. The van der Waals surface area contributed by atoms with Crippen LogP contribution >= 0.6 is 0 Å². The highest BCUT2D eigenvalue weighted by atomic mass is 16.6. The lowest BCUT2D eigenvalue weighted by atomic mass is 10.0. The van der Waals surface area contributed by atoms with Crippen LogP contribution in [0, 0.1) is 0 Å². The molecule has 0 saturated carbocycles. The van der Waals surface area contributed by atoms with Gasteiger partial charge in [0, 0.05) is 19.3 Å². The molecule has 0 fully saturated rings.